The molecule has 0 unspecified atom stereocenters. The van der Waals surface area contributed by atoms with Gasteiger partial charge >= 0.3 is 0 Å². The third-order valence-corrected chi connectivity index (χ3v) is 3.17. The number of hydrogen-bond acceptors (Lipinski definition) is 3. The highest BCUT2D eigenvalue weighted by atomic mass is 35.5. The Hall–Kier alpha value is -0.800. The topological polar surface area (TPSA) is 28.2 Å². The van der Waals surface area contributed by atoms with Crippen molar-refractivity contribution in [2.24, 2.45) is 0 Å². The molecule has 0 amide bonds. The highest BCUT2D eigenvalue weighted by Crippen LogP contribution is 2.19. The summed E-state index contributed by atoms with van der Waals surface area (Å²) >= 11 is 6.18. The lowest BCUT2D eigenvalue weighted by Gasteiger charge is -2.22. The van der Waals surface area contributed by atoms with Crippen LogP contribution in [-0.2, 0) is 6.54 Å². The van der Waals surface area contributed by atoms with E-state index in [0.717, 1.165) is 55.6 Å². The van der Waals surface area contributed by atoms with Crippen molar-refractivity contribution in [1.82, 2.24) is 10.3 Å². The molecule has 1 heterocycles. The monoisotopic (exact) mass is 269 g/mol. The molecule has 1 aromatic heterocycles. The van der Waals surface area contributed by atoms with Gasteiger partial charge in [-0.3, -0.25) is 0 Å². The quantitative estimate of drug-likeness (QED) is 0.733. The van der Waals surface area contributed by atoms with Gasteiger partial charge in [0.05, 0.1) is 10.7 Å². The fourth-order valence-corrected chi connectivity index (χ4v) is 2.03. The van der Waals surface area contributed by atoms with Gasteiger partial charge in [-0.2, -0.15) is 0 Å². The summed E-state index contributed by atoms with van der Waals surface area (Å²) < 4.78 is 0. The molecule has 0 aliphatic carbocycles. The van der Waals surface area contributed by atoms with E-state index in [4.69, 9.17) is 11.6 Å². The van der Waals surface area contributed by atoms with Crippen LogP contribution >= 0.6 is 11.6 Å². The highest BCUT2D eigenvalue weighted by Gasteiger charge is 2.08. The lowest BCUT2D eigenvalue weighted by molar-refractivity contribution is 0.662. The van der Waals surface area contributed by atoms with Crippen LogP contribution in [0.5, 0.6) is 0 Å². The van der Waals surface area contributed by atoms with Crippen molar-refractivity contribution in [3.63, 3.8) is 0 Å². The molecule has 3 nitrogen and oxygen atoms in total. The van der Waals surface area contributed by atoms with Gasteiger partial charge < -0.3 is 10.2 Å². The first-order chi connectivity index (χ1) is 8.72. The van der Waals surface area contributed by atoms with Crippen molar-refractivity contribution in [3.05, 3.63) is 22.8 Å². The Morgan fingerprint density at radius 2 is 2.00 bits per heavy atom. The van der Waals surface area contributed by atoms with Crippen LogP contribution in [0.2, 0.25) is 5.02 Å². The van der Waals surface area contributed by atoms with E-state index in [1.165, 1.54) is 0 Å². The van der Waals surface area contributed by atoms with Crippen LogP contribution < -0.4 is 10.2 Å². The van der Waals surface area contributed by atoms with Gasteiger partial charge in [0, 0.05) is 19.6 Å². The summed E-state index contributed by atoms with van der Waals surface area (Å²) in [7, 11) is 0. The zero-order valence-corrected chi connectivity index (χ0v) is 12.4. The molecule has 0 aromatic carbocycles. The van der Waals surface area contributed by atoms with E-state index in [1.807, 2.05) is 12.1 Å². The minimum atomic E-state index is 0.740. The zero-order chi connectivity index (χ0) is 13.4. The molecule has 18 heavy (non-hydrogen) atoms. The van der Waals surface area contributed by atoms with E-state index in [9.17, 15) is 0 Å². The molecule has 0 aliphatic rings. The van der Waals surface area contributed by atoms with Gasteiger partial charge in [-0.15, -0.1) is 0 Å². The molecule has 102 valence electrons. The zero-order valence-electron chi connectivity index (χ0n) is 11.7. The Kier molecular flexibility index (Phi) is 7.06. The molecule has 4 heteroatoms. The Morgan fingerprint density at radius 3 is 2.61 bits per heavy atom. The van der Waals surface area contributed by atoms with Gasteiger partial charge in [0.2, 0.25) is 0 Å². The van der Waals surface area contributed by atoms with E-state index in [2.05, 4.69) is 36.0 Å². The Morgan fingerprint density at radius 1 is 1.22 bits per heavy atom. The number of hydrogen-bond donors (Lipinski definition) is 1. The predicted octanol–water partition coefficient (Wildman–Crippen LogP) is 3.47. The maximum atomic E-state index is 6.18. The first kappa shape index (κ1) is 15.3. The Balaban J connectivity index is 2.78. The van der Waals surface area contributed by atoms with E-state index >= 15 is 0 Å². The molecule has 0 fully saturated rings. The van der Waals surface area contributed by atoms with Crippen molar-refractivity contribution < 1.29 is 0 Å². The lowest BCUT2D eigenvalue weighted by Crippen LogP contribution is -2.25. The first-order valence-corrected chi connectivity index (χ1v) is 7.21. The van der Waals surface area contributed by atoms with Crippen LogP contribution in [0.4, 0.5) is 5.82 Å². The SMILES string of the molecule is CCCNCc1nc(N(CC)CCC)ccc1Cl. The van der Waals surface area contributed by atoms with Crippen molar-refractivity contribution in [2.75, 3.05) is 24.5 Å². The van der Waals surface area contributed by atoms with Crippen LogP contribution in [0, 0.1) is 0 Å². The fourth-order valence-electron chi connectivity index (χ4n) is 1.86. The summed E-state index contributed by atoms with van der Waals surface area (Å²) in [5.41, 5.74) is 0.942. The third-order valence-electron chi connectivity index (χ3n) is 2.82. The lowest BCUT2D eigenvalue weighted by atomic mass is 10.3. The summed E-state index contributed by atoms with van der Waals surface area (Å²) in [5.74, 6) is 1.03. The number of rotatable bonds is 8. The second-order valence-electron chi connectivity index (χ2n) is 4.35. The molecular weight excluding hydrogens is 246 g/mol. The molecule has 0 radical (unpaired) electrons. The summed E-state index contributed by atoms with van der Waals surface area (Å²) in [6.07, 6.45) is 2.25. The number of nitrogens with zero attached hydrogens (tertiary/aromatic N) is 2. The predicted molar refractivity (Wildman–Crippen MR) is 79.4 cm³/mol. The standard InChI is InChI=1S/C14H24ClN3/c1-4-9-16-11-13-12(15)7-8-14(17-13)18(6-3)10-5-2/h7-8,16H,4-6,9-11H2,1-3H3. The Bertz CT molecular complexity index is 355. The van der Waals surface area contributed by atoms with Crippen LogP contribution in [0.3, 0.4) is 0 Å². The van der Waals surface area contributed by atoms with Crippen molar-refractivity contribution in [1.29, 1.82) is 0 Å². The minimum absolute atomic E-state index is 0.740. The van der Waals surface area contributed by atoms with E-state index in [0.29, 0.717) is 0 Å². The van der Waals surface area contributed by atoms with Crippen molar-refractivity contribution in [3.8, 4) is 0 Å². The van der Waals surface area contributed by atoms with Gasteiger partial charge in [-0.25, -0.2) is 4.98 Å². The normalized spacial score (nSPS) is 10.7. The Labute approximate surface area is 116 Å². The average Bonchev–Trinajstić information content (AvgIpc) is 2.38. The number of nitrogens with one attached hydrogen (secondary N) is 1. The molecule has 0 aliphatic heterocycles. The number of anilines is 1. The average molecular weight is 270 g/mol. The smallest absolute Gasteiger partial charge is 0.128 e. The fraction of sp³-hybridized carbons (Fsp3) is 0.643. The molecule has 1 rings (SSSR count). The second kappa shape index (κ2) is 8.33. The van der Waals surface area contributed by atoms with Crippen LogP contribution in [0.25, 0.3) is 0 Å². The van der Waals surface area contributed by atoms with Gasteiger partial charge in [0.25, 0.3) is 0 Å². The van der Waals surface area contributed by atoms with Crippen molar-refractivity contribution in [2.45, 2.75) is 40.2 Å². The summed E-state index contributed by atoms with van der Waals surface area (Å²) in [6, 6.07) is 3.95. The molecule has 0 saturated carbocycles. The summed E-state index contributed by atoms with van der Waals surface area (Å²) in [4.78, 5) is 6.94. The number of halogens is 1. The molecule has 0 saturated heterocycles. The second-order valence-corrected chi connectivity index (χ2v) is 4.76. The highest BCUT2D eigenvalue weighted by molar-refractivity contribution is 6.31. The summed E-state index contributed by atoms with van der Waals surface area (Å²) in [6.45, 7) is 10.2. The molecule has 0 spiro atoms. The van der Waals surface area contributed by atoms with Gasteiger partial charge in [-0.05, 0) is 38.4 Å². The third kappa shape index (κ3) is 4.46. The van der Waals surface area contributed by atoms with Gasteiger partial charge in [-0.1, -0.05) is 25.4 Å². The minimum Gasteiger partial charge on any atom is -0.357 e. The van der Waals surface area contributed by atoms with Crippen LogP contribution in [0.15, 0.2) is 12.1 Å². The molecular formula is C14H24ClN3. The molecule has 1 N–H and O–H groups in total. The molecule has 0 bridgehead atoms. The van der Waals surface area contributed by atoms with Crippen LogP contribution in [-0.4, -0.2) is 24.6 Å². The number of pyridine rings is 1. The van der Waals surface area contributed by atoms with E-state index < -0.39 is 0 Å². The maximum Gasteiger partial charge on any atom is 0.128 e. The molecule has 0 atom stereocenters. The maximum absolute atomic E-state index is 6.18. The summed E-state index contributed by atoms with van der Waals surface area (Å²) in [5, 5.41) is 4.09. The number of aromatic nitrogens is 1. The van der Waals surface area contributed by atoms with Crippen molar-refractivity contribution >= 4 is 17.4 Å². The van der Waals surface area contributed by atoms with Crippen LogP contribution in [0.1, 0.15) is 39.3 Å². The van der Waals surface area contributed by atoms with E-state index in [1.54, 1.807) is 0 Å². The van der Waals surface area contributed by atoms with Gasteiger partial charge in [0.1, 0.15) is 5.82 Å². The van der Waals surface area contributed by atoms with Gasteiger partial charge in [0.15, 0.2) is 0 Å². The van der Waals surface area contributed by atoms with E-state index in [-0.39, 0.29) is 0 Å². The first-order valence-electron chi connectivity index (χ1n) is 6.83. The largest absolute Gasteiger partial charge is 0.357 e. The molecule has 1 aromatic rings.